The van der Waals surface area contributed by atoms with E-state index in [9.17, 15) is 4.79 Å². The minimum absolute atomic E-state index is 0.0352. The quantitative estimate of drug-likeness (QED) is 0.744. The van der Waals surface area contributed by atoms with Gasteiger partial charge in [0.05, 0.1) is 0 Å². The summed E-state index contributed by atoms with van der Waals surface area (Å²) in [5, 5.41) is 0.673. The van der Waals surface area contributed by atoms with Crippen molar-refractivity contribution in [2.75, 3.05) is 6.61 Å². The number of ether oxygens (including phenoxy) is 1. The summed E-state index contributed by atoms with van der Waals surface area (Å²) in [6.45, 7) is 10.3. The van der Waals surface area contributed by atoms with E-state index in [0.717, 1.165) is 18.4 Å². The standard InChI is InChI=1S/C17H26ClNO2/c1-6-13(4)19(14(5)7-2)17(20)11-21-16-9-8-15(18)10-12(16)3/h8-10,13-14H,6-7,11H2,1-5H3. The van der Waals surface area contributed by atoms with Crippen LogP contribution >= 0.6 is 11.6 Å². The van der Waals surface area contributed by atoms with Crippen LogP contribution in [0.2, 0.25) is 5.02 Å². The van der Waals surface area contributed by atoms with E-state index in [1.54, 1.807) is 6.07 Å². The lowest BCUT2D eigenvalue weighted by atomic mass is 10.1. The Kier molecular flexibility index (Phi) is 7.03. The summed E-state index contributed by atoms with van der Waals surface area (Å²) in [6, 6.07) is 5.87. The number of carbonyl (C=O) groups excluding carboxylic acids is 1. The predicted molar refractivity (Wildman–Crippen MR) is 88.0 cm³/mol. The molecular weight excluding hydrogens is 286 g/mol. The molecule has 0 N–H and O–H groups in total. The summed E-state index contributed by atoms with van der Waals surface area (Å²) in [7, 11) is 0. The molecule has 0 saturated carbocycles. The van der Waals surface area contributed by atoms with Gasteiger partial charge in [0.1, 0.15) is 5.75 Å². The molecule has 1 aromatic carbocycles. The third-order valence-electron chi connectivity index (χ3n) is 3.91. The first-order valence-corrected chi connectivity index (χ1v) is 7.98. The first-order valence-electron chi connectivity index (χ1n) is 7.60. The fraction of sp³-hybridized carbons (Fsp3) is 0.588. The summed E-state index contributed by atoms with van der Waals surface area (Å²) in [4.78, 5) is 14.4. The Bertz CT molecular complexity index is 466. The van der Waals surface area contributed by atoms with Crippen molar-refractivity contribution < 1.29 is 9.53 Å². The Labute approximate surface area is 133 Å². The molecule has 0 fully saturated rings. The Balaban J connectivity index is 2.73. The number of amides is 1. The molecule has 0 aliphatic rings. The lowest BCUT2D eigenvalue weighted by Gasteiger charge is -2.34. The SMILES string of the molecule is CCC(C)N(C(=O)COc1ccc(Cl)cc1C)C(C)CC. The van der Waals surface area contributed by atoms with Gasteiger partial charge in [-0.15, -0.1) is 0 Å². The van der Waals surface area contributed by atoms with Gasteiger partial charge in [0.15, 0.2) is 6.61 Å². The zero-order valence-electron chi connectivity index (χ0n) is 13.6. The number of hydrogen-bond donors (Lipinski definition) is 0. The number of benzene rings is 1. The molecule has 2 unspecified atom stereocenters. The Morgan fingerprint density at radius 2 is 1.81 bits per heavy atom. The molecule has 0 aliphatic carbocycles. The van der Waals surface area contributed by atoms with Crippen LogP contribution in [0.15, 0.2) is 18.2 Å². The van der Waals surface area contributed by atoms with Crippen LogP contribution in [0.25, 0.3) is 0 Å². The predicted octanol–water partition coefficient (Wildman–Crippen LogP) is 4.45. The number of halogens is 1. The van der Waals surface area contributed by atoms with Gasteiger partial charge in [-0.05, 0) is 57.4 Å². The molecular formula is C17H26ClNO2. The highest BCUT2D eigenvalue weighted by Gasteiger charge is 2.23. The van der Waals surface area contributed by atoms with Crippen molar-refractivity contribution in [2.24, 2.45) is 0 Å². The van der Waals surface area contributed by atoms with Gasteiger partial charge in [0.25, 0.3) is 5.91 Å². The summed E-state index contributed by atoms with van der Waals surface area (Å²) in [6.07, 6.45) is 1.88. The van der Waals surface area contributed by atoms with Gasteiger partial charge in [-0.1, -0.05) is 25.4 Å². The van der Waals surface area contributed by atoms with E-state index < -0.39 is 0 Å². The molecule has 0 bridgehead atoms. The molecule has 0 aromatic heterocycles. The Hall–Kier alpha value is -1.22. The lowest BCUT2D eigenvalue weighted by molar-refractivity contribution is -0.137. The van der Waals surface area contributed by atoms with E-state index >= 15 is 0 Å². The smallest absolute Gasteiger partial charge is 0.260 e. The molecule has 118 valence electrons. The largest absolute Gasteiger partial charge is 0.483 e. The first-order chi connectivity index (χ1) is 9.90. The molecule has 21 heavy (non-hydrogen) atoms. The molecule has 0 radical (unpaired) electrons. The van der Waals surface area contributed by atoms with Crippen LogP contribution in [0.1, 0.15) is 46.1 Å². The van der Waals surface area contributed by atoms with Gasteiger partial charge >= 0.3 is 0 Å². The van der Waals surface area contributed by atoms with Crippen LogP contribution in [0.3, 0.4) is 0 Å². The van der Waals surface area contributed by atoms with Crippen LogP contribution in [0.5, 0.6) is 5.75 Å². The zero-order chi connectivity index (χ0) is 16.0. The van der Waals surface area contributed by atoms with E-state index in [0.29, 0.717) is 10.8 Å². The van der Waals surface area contributed by atoms with Crippen molar-refractivity contribution in [1.29, 1.82) is 0 Å². The average Bonchev–Trinajstić information content (AvgIpc) is 2.46. The Morgan fingerprint density at radius 1 is 1.24 bits per heavy atom. The van der Waals surface area contributed by atoms with Gasteiger partial charge in [0.2, 0.25) is 0 Å². The van der Waals surface area contributed by atoms with Gasteiger partial charge in [-0.3, -0.25) is 4.79 Å². The topological polar surface area (TPSA) is 29.5 Å². The van der Waals surface area contributed by atoms with Crippen molar-refractivity contribution in [3.8, 4) is 5.75 Å². The first kappa shape index (κ1) is 17.8. The fourth-order valence-electron chi connectivity index (χ4n) is 2.31. The van der Waals surface area contributed by atoms with Crippen LogP contribution in [-0.2, 0) is 4.79 Å². The van der Waals surface area contributed by atoms with Crippen LogP contribution in [0, 0.1) is 6.92 Å². The molecule has 1 amide bonds. The number of rotatable bonds is 7. The van der Waals surface area contributed by atoms with Gasteiger partial charge in [-0.25, -0.2) is 0 Å². The average molecular weight is 312 g/mol. The van der Waals surface area contributed by atoms with E-state index in [1.165, 1.54) is 0 Å². The summed E-state index contributed by atoms with van der Waals surface area (Å²) < 4.78 is 5.67. The highest BCUT2D eigenvalue weighted by atomic mass is 35.5. The van der Waals surface area contributed by atoms with Crippen molar-refractivity contribution >= 4 is 17.5 Å². The van der Waals surface area contributed by atoms with E-state index in [4.69, 9.17) is 16.3 Å². The molecule has 1 rings (SSSR count). The zero-order valence-corrected chi connectivity index (χ0v) is 14.4. The van der Waals surface area contributed by atoms with E-state index in [2.05, 4.69) is 27.7 Å². The minimum Gasteiger partial charge on any atom is -0.483 e. The number of nitrogens with zero attached hydrogens (tertiary/aromatic N) is 1. The lowest BCUT2D eigenvalue weighted by Crippen LogP contribution is -2.46. The fourth-order valence-corrected chi connectivity index (χ4v) is 2.53. The van der Waals surface area contributed by atoms with Crippen molar-refractivity contribution in [2.45, 2.75) is 59.5 Å². The number of aryl methyl sites for hydroxylation is 1. The maximum Gasteiger partial charge on any atom is 0.260 e. The second-order valence-electron chi connectivity index (χ2n) is 5.51. The van der Waals surface area contributed by atoms with E-state index in [-0.39, 0.29) is 24.6 Å². The molecule has 0 spiro atoms. The molecule has 0 aliphatic heterocycles. The van der Waals surface area contributed by atoms with Gasteiger partial charge < -0.3 is 9.64 Å². The van der Waals surface area contributed by atoms with Gasteiger partial charge in [-0.2, -0.15) is 0 Å². The molecule has 0 heterocycles. The molecule has 0 saturated heterocycles. The van der Waals surface area contributed by atoms with E-state index in [1.807, 2.05) is 24.0 Å². The van der Waals surface area contributed by atoms with Crippen LogP contribution < -0.4 is 4.74 Å². The highest BCUT2D eigenvalue weighted by Crippen LogP contribution is 2.22. The molecule has 2 atom stereocenters. The molecule has 4 heteroatoms. The number of hydrogen-bond acceptors (Lipinski definition) is 2. The normalized spacial score (nSPS) is 13.6. The number of carbonyl (C=O) groups is 1. The Morgan fingerprint density at radius 3 is 2.29 bits per heavy atom. The summed E-state index contributed by atoms with van der Waals surface area (Å²) >= 11 is 5.92. The van der Waals surface area contributed by atoms with Crippen molar-refractivity contribution in [1.82, 2.24) is 4.90 Å². The second-order valence-corrected chi connectivity index (χ2v) is 5.95. The minimum atomic E-state index is 0.0352. The highest BCUT2D eigenvalue weighted by molar-refractivity contribution is 6.30. The monoisotopic (exact) mass is 311 g/mol. The van der Waals surface area contributed by atoms with Crippen LogP contribution in [-0.4, -0.2) is 29.5 Å². The second kappa shape index (κ2) is 8.28. The summed E-state index contributed by atoms with van der Waals surface area (Å²) in [5.74, 6) is 0.744. The van der Waals surface area contributed by atoms with Crippen LogP contribution in [0.4, 0.5) is 0 Å². The van der Waals surface area contributed by atoms with Crippen molar-refractivity contribution in [3.63, 3.8) is 0 Å². The van der Waals surface area contributed by atoms with Crippen molar-refractivity contribution in [3.05, 3.63) is 28.8 Å². The summed E-state index contributed by atoms with van der Waals surface area (Å²) in [5.41, 5.74) is 0.939. The third-order valence-corrected chi connectivity index (χ3v) is 4.14. The maximum atomic E-state index is 12.5. The molecule has 1 aromatic rings. The third kappa shape index (κ3) is 4.92. The molecule has 3 nitrogen and oxygen atoms in total. The van der Waals surface area contributed by atoms with Gasteiger partial charge in [0, 0.05) is 17.1 Å². The maximum absolute atomic E-state index is 12.5.